The molecule has 1 aromatic carbocycles. The normalized spacial score (nSPS) is 11.2. The summed E-state index contributed by atoms with van der Waals surface area (Å²) in [6.07, 6.45) is 3.17. The lowest BCUT2D eigenvalue weighted by Gasteiger charge is -2.23. The fraction of sp³-hybridized carbons (Fsp3) is 0.211. The molecule has 6 heteroatoms. The second-order valence-electron chi connectivity index (χ2n) is 6.09. The van der Waals surface area contributed by atoms with Crippen LogP contribution in [-0.4, -0.2) is 23.0 Å². The lowest BCUT2D eigenvalue weighted by atomic mass is 9.82. The van der Waals surface area contributed by atoms with Gasteiger partial charge in [0.15, 0.2) is 5.13 Å². The molecule has 0 atom stereocenters. The third kappa shape index (κ3) is 3.69. The predicted molar refractivity (Wildman–Crippen MR) is 99.4 cm³/mol. The fourth-order valence-electron chi connectivity index (χ4n) is 2.44. The quantitative estimate of drug-likeness (QED) is 0.749. The first kappa shape index (κ1) is 17.1. The molecule has 0 saturated carbocycles. The number of nitrogens with one attached hydrogen (secondary N) is 1. The number of aromatic nitrogens is 2. The van der Waals surface area contributed by atoms with Crippen LogP contribution in [0.4, 0.5) is 5.13 Å². The Balaban J connectivity index is 1.78. The molecule has 1 N–H and O–H groups in total. The largest absolute Gasteiger partial charge is 0.497 e. The van der Waals surface area contributed by atoms with E-state index in [4.69, 9.17) is 4.74 Å². The number of nitrogens with zero attached hydrogens (tertiary/aromatic N) is 2. The maximum Gasteiger partial charge on any atom is 0.259 e. The van der Waals surface area contributed by atoms with E-state index >= 15 is 0 Å². The van der Waals surface area contributed by atoms with Gasteiger partial charge in [0.05, 0.1) is 18.4 Å². The molecule has 0 radical (unpaired) electrons. The molecule has 3 rings (SSSR count). The Morgan fingerprint density at radius 1 is 1.20 bits per heavy atom. The average molecular weight is 353 g/mol. The molecule has 0 unspecified atom stereocenters. The van der Waals surface area contributed by atoms with Crippen LogP contribution >= 0.6 is 11.3 Å². The summed E-state index contributed by atoms with van der Waals surface area (Å²) < 4.78 is 5.21. The van der Waals surface area contributed by atoms with Crippen LogP contribution in [0.5, 0.6) is 5.75 Å². The first-order valence-electron chi connectivity index (χ1n) is 7.82. The van der Waals surface area contributed by atoms with Crippen LogP contribution in [0, 0.1) is 0 Å². The maximum atomic E-state index is 12.2. The smallest absolute Gasteiger partial charge is 0.259 e. The highest BCUT2D eigenvalue weighted by Crippen LogP contribution is 2.34. The van der Waals surface area contributed by atoms with Gasteiger partial charge in [0.1, 0.15) is 5.75 Å². The molecule has 2 heterocycles. The summed E-state index contributed by atoms with van der Waals surface area (Å²) in [5.41, 5.74) is 2.27. The van der Waals surface area contributed by atoms with Crippen molar-refractivity contribution in [3.05, 3.63) is 71.0 Å². The van der Waals surface area contributed by atoms with Gasteiger partial charge in [-0.1, -0.05) is 26.0 Å². The topological polar surface area (TPSA) is 64.1 Å². The van der Waals surface area contributed by atoms with E-state index in [9.17, 15) is 4.79 Å². The summed E-state index contributed by atoms with van der Waals surface area (Å²) in [6, 6.07) is 11.4. The number of amides is 1. The molecular weight excluding hydrogens is 334 g/mol. The molecule has 0 fully saturated rings. The molecule has 0 aliphatic rings. The minimum Gasteiger partial charge on any atom is -0.497 e. The van der Waals surface area contributed by atoms with Gasteiger partial charge >= 0.3 is 0 Å². The first-order valence-corrected chi connectivity index (χ1v) is 8.70. The number of anilines is 1. The van der Waals surface area contributed by atoms with Crippen molar-refractivity contribution in [3.63, 3.8) is 0 Å². The lowest BCUT2D eigenvalue weighted by molar-refractivity contribution is 0.102. The highest BCUT2D eigenvalue weighted by Gasteiger charge is 2.26. The number of pyridine rings is 1. The highest BCUT2D eigenvalue weighted by molar-refractivity contribution is 7.14. The molecule has 0 aliphatic heterocycles. The number of hydrogen-bond donors (Lipinski definition) is 1. The van der Waals surface area contributed by atoms with Gasteiger partial charge in [0.25, 0.3) is 5.91 Å². The number of rotatable bonds is 5. The number of carbonyl (C=O) groups excluding carboxylic acids is 1. The number of benzene rings is 1. The zero-order valence-corrected chi connectivity index (χ0v) is 15.1. The number of carbonyl (C=O) groups is 1. The molecule has 0 bridgehead atoms. The Kier molecular flexibility index (Phi) is 4.81. The summed E-state index contributed by atoms with van der Waals surface area (Å²) in [6.45, 7) is 4.22. The molecule has 0 aliphatic carbocycles. The van der Waals surface area contributed by atoms with Gasteiger partial charge in [-0.2, -0.15) is 0 Å². The van der Waals surface area contributed by atoms with Crippen molar-refractivity contribution in [1.29, 1.82) is 0 Å². The maximum absolute atomic E-state index is 12.2. The highest BCUT2D eigenvalue weighted by atomic mass is 32.1. The van der Waals surface area contributed by atoms with Crippen LogP contribution in [0.25, 0.3) is 0 Å². The Hall–Kier alpha value is -2.73. The zero-order valence-electron chi connectivity index (χ0n) is 14.3. The van der Waals surface area contributed by atoms with E-state index < -0.39 is 0 Å². The third-order valence-electron chi connectivity index (χ3n) is 4.10. The fourth-order valence-corrected chi connectivity index (χ4v) is 3.31. The molecule has 0 saturated heterocycles. The van der Waals surface area contributed by atoms with Gasteiger partial charge in [-0.25, -0.2) is 4.98 Å². The van der Waals surface area contributed by atoms with E-state index in [1.807, 2.05) is 29.6 Å². The van der Waals surface area contributed by atoms with Crippen LogP contribution in [0.3, 0.4) is 0 Å². The third-order valence-corrected chi connectivity index (χ3v) is 4.86. The number of methoxy groups -OCH3 is 1. The monoisotopic (exact) mass is 353 g/mol. The van der Waals surface area contributed by atoms with E-state index in [-0.39, 0.29) is 11.3 Å². The molecule has 5 nitrogen and oxygen atoms in total. The van der Waals surface area contributed by atoms with E-state index in [1.54, 1.807) is 25.4 Å². The van der Waals surface area contributed by atoms with Crippen molar-refractivity contribution in [1.82, 2.24) is 9.97 Å². The van der Waals surface area contributed by atoms with Crippen molar-refractivity contribution in [2.45, 2.75) is 19.3 Å². The van der Waals surface area contributed by atoms with Crippen LogP contribution in [0.15, 0.2) is 54.2 Å². The van der Waals surface area contributed by atoms with Crippen LogP contribution in [0.1, 0.15) is 35.5 Å². The number of hydrogen-bond acceptors (Lipinski definition) is 5. The van der Waals surface area contributed by atoms with Gasteiger partial charge < -0.3 is 4.74 Å². The summed E-state index contributed by atoms with van der Waals surface area (Å²) >= 11 is 1.41. The van der Waals surface area contributed by atoms with Gasteiger partial charge in [0, 0.05) is 23.2 Å². The SMILES string of the molecule is COc1ccc(C(C)(C)c2csc(NC(=O)c3cccnc3)n2)cc1. The summed E-state index contributed by atoms with van der Waals surface area (Å²) in [5.74, 6) is 0.610. The van der Waals surface area contributed by atoms with Gasteiger partial charge in [-0.05, 0) is 29.8 Å². The predicted octanol–water partition coefficient (Wildman–Crippen LogP) is 4.12. The Labute approximate surface area is 150 Å². The summed E-state index contributed by atoms with van der Waals surface area (Å²) in [7, 11) is 1.65. The number of thiazole rings is 1. The molecular formula is C19H19N3O2S. The second-order valence-corrected chi connectivity index (χ2v) is 6.95. The molecule has 128 valence electrons. The van der Waals surface area contributed by atoms with Crippen molar-refractivity contribution in [2.75, 3.05) is 12.4 Å². The van der Waals surface area contributed by atoms with E-state index in [0.717, 1.165) is 17.0 Å². The zero-order chi connectivity index (χ0) is 17.9. The van der Waals surface area contributed by atoms with Crippen LogP contribution in [0.2, 0.25) is 0 Å². The Bertz CT molecular complexity index is 858. The lowest BCUT2D eigenvalue weighted by Crippen LogP contribution is -2.19. The molecule has 25 heavy (non-hydrogen) atoms. The van der Waals surface area contributed by atoms with E-state index in [1.165, 1.54) is 17.5 Å². The van der Waals surface area contributed by atoms with Gasteiger partial charge in [-0.15, -0.1) is 11.3 Å². The number of ether oxygens (including phenoxy) is 1. The molecule has 1 amide bonds. The molecule has 2 aromatic heterocycles. The molecule has 3 aromatic rings. The van der Waals surface area contributed by atoms with E-state index in [0.29, 0.717) is 10.7 Å². The van der Waals surface area contributed by atoms with Crippen LogP contribution < -0.4 is 10.1 Å². The van der Waals surface area contributed by atoms with Gasteiger partial charge in [0.2, 0.25) is 0 Å². The van der Waals surface area contributed by atoms with Crippen LogP contribution in [-0.2, 0) is 5.41 Å². The van der Waals surface area contributed by atoms with E-state index in [2.05, 4.69) is 29.1 Å². The summed E-state index contributed by atoms with van der Waals surface area (Å²) in [4.78, 5) is 20.8. The first-order chi connectivity index (χ1) is 12.0. The van der Waals surface area contributed by atoms with Crippen molar-refractivity contribution in [2.24, 2.45) is 0 Å². The van der Waals surface area contributed by atoms with Crippen molar-refractivity contribution in [3.8, 4) is 5.75 Å². The van der Waals surface area contributed by atoms with Crippen molar-refractivity contribution < 1.29 is 9.53 Å². The standard InChI is InChI=1S/C19H19N3O2S/c1-19(2,14-6-8-15(24-3)9-7-14)16-12-25-18(21-16)22-17(23)13-5-4-10-20-11-13/h4-12H,1-3H3,(H,21,22,23). The average Bonchev–Trinajstić information content (AvgIpc) is 3.12. The second kappa shape index (κ2) is 7.03. The van der Waals surface area contributed by atoms with Gasteiger partial charge in [-0.3, -0.25) is 15.1 Å². The minimum atomic E-state index is -0.278. The minimum absolute atomic E-state index is 0.212. The Morgan fingerprint density at radius 3 is 2.60 bits per heavy atom. The van der Waals surface area contributed by atoms with Crippen molar-refractivity contribution >= 4 is 22.4 Å². The Morgan fingerprint density at radius 2 is 1.96 bits per heavy atom. The summed E-state index contributed by atoms with van der Waals surface area (Å²) in [5, 5.41) is 5.38. The molecule has 0 spiro atoms.